The number of likely N-dealkylation sites (N-methyl/N-ethyl adjacent to an activating group) is 1. The van der Waals surface area contributed by atoms with E-state index in [1.165, 1.54) is 15.6 Å². The van der Waals surface area contributed by atoms with Gasteiger partial charge in [0.25, 0.3) is 0 Å². The number of ether oxygens (including phenoxy) is 1. The molecule has 1 fully saturated rings. The summed E-state index contributed by atoms with van der Waals surface area (Å²) in [5, 5.41) is 4.83. The molecule has 0 bridgehead atoms. The lowest BCUT2D eigenvalue weighted by molar-refractivity contribution is -0.0550. The molecular formula is C16H29N3OS. The zero-order valence-electron chi connectivity index (χ0n) is 14.0. The van der Waals surface area contributed by atoms with E-state index in [0.29, 0.717) is 12.1 Å². The number of nitrogens with one attached hydrogen (secondary N) is 1. The summed E-state index contributed by atoms with van der Waals surface area (Å²) in [5.41, 5.74) is 1.17. The summed E-state index contributed by atoms with van der Waals surface area (Å²) < 4.78 is 6.05. The molecule has 120 valence electrons. The van der Waals surface area contributed by atoms with Gasteiger partial charge in [0.2, 0.25) is 0 Å². The Bertz CT molecular complexity index is 427. The molecule has 1 aromatic rings. The number of rotatable bonds is 6. The highest BCUT2D eigenvalue weighted by atomic mass is 32.1. The molecule has 0 radical (unpaired) electrons. The van der Waals surface area contributed by atoms with Gasteiger partial charge in [0.15, 0.2) is 0 Å². The fraction of sp³-hybridized carbons (Fsp3) is 0.812. The maximum atomic E-state index is 6.05. The van der Waals surface area contributed by atoms with Gasteiger partial charge in [-0.05, 0) is 34.2 Å². The van der Waals surface area contributed by atoms with Gasteiger partial charge in [-0.15, -0.1) is 11.3 Å². The largest absolute Gasteiger partial charge is 0.374 e. The van der Waals surface area contributed by atoms with E-state index < -0.39 is 0 Å². The molecule has 0 aromatic carbocycles. The van der Waals surface area contributed by atoms with Crippen LogP contribution < -0.4 is 5.32 Å². The third-order valence-corrected chi connectivity index (χ3v) is 5.33. The predicted octanol–water partition coefficient (Wildman–Crippen LogP) is 2.39. The maximum Gasteiger partial charge on any atom is 0.0947 e. The highest BCUT2D eigenvalue weighted by molar-refractivity contribution is 7.11. The van der Waals surface area contributed by atoms with Crippen molar-refractivity contribution >= 4 is 11.3 Å². The minimum atomic E-state index is 0.255. The second kappa shape index (κ2) is 7.68. The highest BCUT2D eigenvalue weighted by Gasteiger charge is 2.29. The quantitative estimate of drug-likeness (QED) is 0.875. The summed E-state index contributed by atoms with van der Waals surface area (Å²) in [6.45, 7) is 14.8. The third kappa shape index (κ3) is 4.49. The van der Waals surface area contributed by atoms with Crippen LogP contribution in [0.3, 0.4) is 0 Å². The van der Waals surface area contributed by atoms with Crippen LogP contribution in [0.2, 0.25) is 0 Å². The Morgan fingerprint density at radius 1 is 1.43 bits per heavy atom. The van der Waals surface area contributed by atoms with Crippen molar-refractivity contribution in [2.24, 2.45) is 0 Å². The molecule has 2 heterocycles. The van der Waals surface area contributed by atoms with Crippen molar-refractivity contribution in [1.29, 1.82) is 0 Å². The van der Waals surface area contributed by atoms with Crippen molar-refractivity contribution in [2.45, 2.75) is 59.2 Å². The van der Waals surface area contributed by atoms with Gasteiger partial charge in [0, 0.05) is 36.5 Å². The second-order valence-electron chi connectivity index (χ2n) is 6.12. The number of thiazole rings is 1. The molecule has 1 aromatic heterocycles. The van der Waals surface area contributed by atoms with Gasteiger partial charge >= 0.3 is 0 Å². The lowest BCUT2D eigenvalue weighted by Gasteiger charge is -2.39. The van der Waals surface area contributed by atoms with Gasteiger partial charge in [0.1, 0.15) is 0 Å². The van der Waals surface area contributed by atoms with Gasteiger partial charge in [-0.2, -0.15) is 0 Å². The van der Waals surface area contributed by atoms with Crippen LogP contribution in [0.1, 0.15) is 36.3 Å². The zero-order valence-corrected chi connectivity index (χ0v) is 14.8. The van der Waals surface area contributed by atoms with Crippen LogP contribution >= 0.6 is 11.3 Å². The fourth-order valence-corrected chi connectivity index (χ4v) is 3.81. The van der Waals surface area contributed by atoms with Crippen LogP contribution in [0.25, 0.3) is 0 Å². The summed E-state index contributed by atoms with van der Waals surface area (Å²) in [5.74, 6) is 0. The highest BCUT2D eigenvalue weighted by Crippen LogP contribution is 2.20. The number of aryl methyl sites for hydroxylation is 2. The van der Waals surface area contributed by atoms with Crippen LogP contribution in [0, 0.1) is 13.8 Å². The molecule has 0 saturated carbocycles. The molecular weight excluding hydrogens is 282 g/mol. The number of hydrogen-bond acceptors (Lipinski definition) is 5. The lowest BCUT2D eigenvalue weighted by Crippen LogP contribution is -2.54. The van der Waals surface area contributed by atoms with Crippen LogP contribution in [-0.2, 0) is 11.2 Å². The van der Waals surface area contributed by atoms with Crippen molar-refractivity contribution in [2.75, 3.05) is 26.2 Å². The molecule has 2 unspecified atom stereocenters. The SMILES string of the molecule is CCNC(Cc1nc(C)c(C)s1)C1CN(C(C)C)CCO1. The first kappa shape index (κ1) is 16.9. The zero-order chi connectivity index (χ0) is 15.4. The summed E-state index contributed by atoms with van der Waals surface area (Å²) in [4.78, 5) is 8.53. The first-order valence-electron chi connectivity index (χ1n) is 8.03. The molecule has 5 heteroatoms. The van der Waals surface area contributed by atoms with Crippen molar-refractivity contribution < 1.29 is 4.74 Å². The standard InChI is InChI=1S/C16H29N3OS/c1-6-17-14(9-16-18-12(4)13(5)21-16)15-10-19(11(2)3)7-8-20-15/h11,14-15,17H,6-10H2,1-5H3. The summed E-state index contributed by atoms with van der Waals surface area (Å²) in [6, 6.07) is 0.935. The van der Waals surface area contributed by atoms with E-state index in [1.54, 1.807) is 0 Å². The van der Waals surface area contributed by atoms with Gasteiger partial charge in [0.05, 0.1) is 23.4 Å². The number of aromatic nitrogens is 1. The molecule has 1 aliphatic rings. The van der Waals surface area contributed by atoms with E-state index in [-0.39, 0.29) is 6.10 Å². The number of nitrogens with zero attached hydrogens (tertiary/aromatic N) is 2. The molecule has 0 aliphatic carbocycles. The smallest absolute Gasteiger partial charge is 0.0947 e. The minimum absolute atomic E-state index is 0.255. The summed E-state index contributed by atoms with van der Waals surface area (Å²) >= 11 is 1.82. The van der Waals surface area contributed by atoms with Crippen LogP contribution in [0.5, 0.6) is 0 Å². The van der Waals surface area contributed by atoms with Crippen LogP contribution in [0.4, 0.5) is 0 Å². The number of hydrogen-bond donors (Lipinski definition) is 1. The van der Waals surface area contributed by atoms with E-state index in [0.717, 1.165) is 32.7 Å². The molecule has 21 heavy (non-hydrogen) atoms. The van der Waals surface area contributed by atoms with Gasteiger partial charge < -0.3 is 10.1 Å². The first-order chi connectivity index (χ1) is 10.0. The minimum Gasteiger partial charge on any atom is -0.374 e. The second-order valence-corrected chi connectivity index (χ2v) is 7.40. The normalized spacial score (nSPS) is 21.9. The lowest BCUT2D eigenvalue weighted by atomic mass is 10.0. The van der Waals surface area contributed by atoms with Gasteiger partial charge in [-0.3, -0.25) is 4.90 Å². The van der Waals surface area contributed by atoms with Crippen LogP contribution in [0.15, 0.2) is 0 Å². The van der Waals surface area contributed by atoms with Crippen molar-refractivity contribution in [1.82, 2.24) is 15.2 Å². The summed E-state index contributed by atoms with van der Waals surface area (Å²) in [7, 11) is 0. The Morgan fingerprint density at radius 2 is 2.19 bits per heavy atom. The Balaban J connectivity index is 2.03. The predicted molar refractivity (Wildman–Crippen MR) is 89.2 cm³/mol. The number of morpholine rings is 1. The Hall–Kier alpha value is -0.490. The fourth-order valence-electron chi connectivity index (χ4n) is 2.82. The molecule has 2 rings (SSSR count). The van der Waals surface area contributed by atoms with Crippen molar-refractivity contribution in [3.05, 3.63) is 15.6 Å². The topological polar surface area (TPSA) is 37.4 Å². The molecule has 0 spiro atoms. The molecule has 2 atom stereocenters. The van der Waals surface area contributed by atoms with Crippen molar-refractivity contribution in [3.63, 3.8) is 0 Å². The van der Waals surface area contributed by atoms with Crippen LogP contribution in [-0.4, -0.2) is 54.3 Å². The van der Waals surface area contributed by atoms with Gasteiger partial charge in [-0.25, -0.2) is 4.98 Å². The monoisotopic (exact) mass is 311 g/mol. The van der Waals surface area contributed by atoms with E-state index in [1.807, 2.05) is 11.3 Å². The molecule has 1 N–H and O–H groups in total. The average molecular weight is 311 g/mol. The molecule has 1 aliphatic heterocycles. The van der Waals surface area contributed by atoms with E-state index in [4.69, 9.17) is 9.72 Å². The third-order valence-electron chi connectivity index (χ3n) is 4.24. The molecule has 0 amide bonds. The summed E-state index contributed by atoms with van der Waals surface area (Å²) in [6.07, 6.45) is 1.22. The Kier molecular flexibility index (Phi) is 6.17. The van der Waals surface area contributed by atoms with E-state index >= 15 is 0 Å². The van der Waals surface area contributed by atoms with Crippen molar-refractivity contribution in [3.8, 4) is 0 Å². The Morgan fingerprint density at radius 3 is 2.76 bits per heavy atom. The maximum absolute atomic E-state index is 6.05. The van der Waals surface area contributed by atoms with E-state index in [2.05, 4.69) is 44.8 Å². The Labute approximate surface area is 132 Å². The van der Waals surface area contributed by atoms with E-state index in [9.17, 15) is 0 Å². The molecule has 4 nitrogen and oxygen atoms in total. The first-order valence-corrected chi connectivity index (χ1v) is 8.84. The average Bonchev–Trinajstić information content (AvgIpc) is 2.77. The molecule has 1 saturated heterocycles. The van der Waals surface area contributed by atoms with Gasteiger partial charge in [-0.1, -0.05) is 6.92 Å².